The van der Waals surface area contributed by atoms with E-state index in [0.717, 1.165) is 25.0 Å². The van der Waals surface area contributed by atoms with Crippen LogP contribution in [-0.4, -0.2) is 17.1 Å². The van der Waals surface area contributed by atoms with Gasteiger partial charge in [0.15, 0.2) is 0 Å². The molecule has 0 saturated heterocycles. The van der Waals surface area contributed by atoms with Crippen LogP contribution in [0.3, 0.4) is 0 Å². The van der Waals surface area contributed by atoms with Crippen molar-refractivity contribution in [1.82, 2.24) is 0 Å². The van der Waals surface area contributed by atoms with E-state index in [0.29, 0.717) is 0 Å². The Morgan fingerprint density at radius 1 is 1.08 bits per heavy atom. The summed E-state index contributed by atoms with van der Waals surface area (Å²) >= 11 is 0. The lowest BCUT2D eigenvalue weighted by atomic mass is 10.1. The minimum Gasteiger partial charge on any atom is -0.258 e. The molecule has 0 amide bonds. The van der Waals surface area contributed by atoms with E-state index >= 15 is 0 Å². The highest BCUT2D eigenvalue weighted by molar-refractivity contribution is 6.42. The molecule has 0 saturated carbocycles. The van der Waals surface area contributed by atoms with Crippen molar-refractivity contribution in [1.29, 1.82) is 0 Å². The summed E-state index contributed by atoms with van der Waals surface area (Å²) in [7, 11) is 0. The van der Waals surface area contributed by atoms with Crippen LogP contribution in [0.5, 0.6) is 0 Å². The molecule has 0 aromatic carbocycles. The summed E-state index contributed by atoms with van der Waals surface area (Å²) in [4.78, 5) is 9.29. The summed E-state index contributed by atoms with van der Waals surface area (Å²) < 4.78 is 0. The molecule has 1 heterocycles. The molecule has 0 N–H and O–H groups in total. The molecule has 0 bridgehead atoms. The summed E-state index contributed by atoms with van der Waals surface area (Å²) in [5, 5.41) is 0. The molecule has 2 nitrogen and oxygen atoms in total. The number of hydrogen-bond acceptors (Lipinski definition) is 2. The summed E-state index contributed by atoms with van der Waals surface area (Å²) in [6, 6.07) is 0. The normalized spacial score (nSPS) is 20.7. The first-order valence-electron chi connectivity index (χ1n) is 4.83. The number of aliphatic imine (C=N–C) groups is 2. The van der Waals surface area contributed by atoms with E-state index in [4.69, 9.17) is 0 Å². The Kier molecular flexibility index (Phi) is 2.65. The number of nitrogens with zero attached hydrogens (tertiary/aromatic N) is 2. The maximum Gasteiger partial charge on any atom is 0.150 e. The van der Waals surface area contributed by atoms with Crippen molar-refractivity contribution in [2.75, 3.05) is 0 Å². The van der Waals surface area contributed by atoms with Crippen LogP contribution < -0.4 is 0 Å². The molecule has 12 heavy (non-hydrogen) atoms. The van der Waals surface area contributed by atoms with Crippen LogP contribution in [0.4, 0.5) is 0 Å². The molecule has 68 valence electrons. The van der Waals surface area contributed by atoms with Gasteiger partial charge in [-0.3, -0.25) is 9.98 Å². The second-order valence-electron chi connectivity index (χ2n) is 3.30. The molecule has 0 unspecified atom stereocenters. The van der Waals surface area contributed by atoms with Gasteiger partial charge in [-0.05, 0) is 26.2 Å². The lowest BCUT2D eigenvalue weighted by Crippen LogP contribution is -2.18. The molecule has 2 heteroatoms. The van der Waals surface area contributed by atoms with Gasteiger partial charge in [0, 0.05) is 0 Å². The molecule has 1 aliphatic rings. The average Bonchev–Trinajstić information content (AvgIpc) is 2.43. The minimum absolute atomic E-state index is 0.102. The number of hydrogen-bond donors (Lipinski definition) is 0. The van der Waals surface area contributed by atoms with Crippen molar-refractivity contribution in [3.05, 3.63) is 0 Å². The highest BCUT2D eigenvalue weighted by Crippen LogP contribution is 2.27. The quantitative estimate of drug-likeness (QED) is 0.616. The predicted octanol–water partition coefficient (Wildman–Crippen LogP) is 2.83. The largest absolute Gasteiger partial charge is 0.258 e. The van der Waals surface area contributed by atoms with Crippen molar-refractivity contribution >= 4 is 11.4 Å². The first kappa shape index (κ1) is 9.43. The molecule has 1 aliphatic heterocycles. The maximum absolute atomic E-state index is 4.67. The van der Waals surface area contributed by atoms with Crippen LogP contribution in [0.1, 0.15) is 47.0 Å². The van der Waals surface area contributed by atoms with Gasteiger partial charge in [0.2, 0.25) is 0 Å². The van der Waals surface area contributed by atoms with Gasteiger partial charge in [0.05, 0.1) is 11.4 Å². The van der Waals surface area contributed by atoms with Gasteiger partial charge >= 0.3 is 0 Å². The zero-order valence-corrected chi connectivity index (χ0v) is 8.52. The van der Waals surface area contributed by atoms with Crippen LogP contribution >= 0.6 is 0 Å². The fourth-order valence-electron chi connectivity index (χ4n) is 1.63. The highest BCUT2D eigenvalue weighted by Gasteiger charge is 2.29. The molecule has 0 aromatic heterocycles. The smallest absolute Gasteiger partial charge is 0.150 e. The Bertz CT molecular complexity index is 222. The minimum atomic E-state index is -0.102. The van der Waals surface area contributed by atoms with E-state index in [2.05, 4.69) is 37.7 Å². The first-order valence-corrected chi connectivity index (χ1v) is 4.83. The monoisotopic (exact) mass is 166 g/mol. The van der Waals surface area contributed by atoms with Crippen molar-refractivity contribution in [2.45, 2.75) is 52.6 Å². The van der Waals surface area contributed by atoms with Crippen molar-refractivity contribution in [3.63, 3.8) is 0 Å². The summed E-state index contributed by atoms with van der Waals surface area (Å²) in [6.07, 6.45) is 3.05. The van der Waals surface area contributed by atoms with Crippen molar-refractivity contribution in [2.24, 2.45) is 9.98 Å². The third kappa shape index (κ3) is 1.43. The molecular weight excluding hydrogens is 148 g/mol. The Morgan fingerprint density at radius 2 is 1.67 bits per heavy atom. The zero-order chi connectivity index (χ0) is 9.19. The van der Waals surface area contributed by atoms with E-state index in [1.807, 2.05) is 0 Å². The summed E-state index contributed by atoms with van der Waals surface area (Å²) in [5.41, 5.74) is 2.23. The van der Waals surface area contributed by atoms with Crippen molar-refractivity contribution in [3.8, 4) is 0 Å². The molecule has 0 atom stereocenters. The second kappa shape index (κ2) is 3.38. The molecule has 0 aliphatic carbocycles. The molecule has 1 rings (SSSR count). The van der Waals surface area contributed by atoms with Gasteiger partial charge in [-0.1, -0.05) is 20.8 Å². The third-order valence-electron chi connectivity index (χ3n) is 2.60. The standard InChI is InChI=1S/C10H18N2/c1-5-9-8(4)11-10(6-2,7-3)12-9/h5-7H2,1-4H3. The second-order valence-corrected chi connectivity index (χ2v) is 3.30. The van der Waals surface area contributed by atoms with Gasteiger partial charge in [-0.2, -0.15) is 0 Å². The van der Waals surface area contributed by atoms with E-state index in [1.54, 1.807) is 0 Å². The Hall–Kier alpha value is -0.660. The lowest BCUT2D eigenvalue weighted by molar-refractivity contribution is 0.427. The molecule has 0 radical (unpaired) electrons. The van der Waals surface area contributed by atoms with Gasteiger partial charge < -0.3 is 0 Å². The van der Waals surface area contributed by atoms with Gasteiger partial charge in [-0.25, -0.2) is 0 Å². The Labute approximate surface area is 74.8 Å². The highest BCUT2D eigenvalue weighted by atomic mass is 15.1. The van der Waals surface area contributed by atoms with Gasteiger partial charge in [-0.15, -0.1) is 0 Å². The van der Waals surface area contributed by atoms with Crippen LogP contribution in [0, 0.1) is 0 Å². The Balaban J connectivity index is 2.93. The van der Waals surface area contributed by atoms with Gasteiger partial charge in [0.1, 0.15) is 5.66 Å². The van der Waals surface area contributed by atoms with Crippen molar-refractivity contribution < 1.29 is 0 Å². The Morgan fingerprint density at radius 3 is 1.92 bits per heavy atom. The maximum atomic E-state index is 4.67. The molecule has 0 spiro atoms. The SMILES string of the molecule is CCC1=NC(CC)(CC)N=C1C. The van der Waals surface area contributed by atoms with Crippen LogP contribution in [0.15, 0.2) is 9.98 Å². The summed E-state index contributed by atoms with van der Waals surface area (Å²) in [6.45, 7) is 8.51. The van der Waals surface area contributed by atoms with E-state index in [9.17, 15) is 0 Å². The first-order chi connectivity index (χ1) is 5.67. The number of rotatable bonds is 3. The molecular formula is C10H18N2. The van der Waals surface area contributed by atoms with Crippen LogP contribution in [0.25, 0.3) is 0 Å². The predicted molar refractivity (Wildman–Crippen MR) is 54.1 cm³/mol. The third-order valence-corrected chi connectivity index (χ3v) is 2.60. The van der Waals surface area contributed by atoms with E-state index in [1.165, 1.54) is 5.71 Å². The molecule has 0 aromatic rings. The molecule has 0 fully saturated rings. The lowest BCUT2D eigenvalue weighted by Gasteiger charge is -2.18. The fraction of sp³-hybridized carbons (Fsp3) is 0.800. The summed E-state index contributed by atoms with van der Waals surface area (Å²) in [5.74, 6) is 0. The van der Waals surface area contributed by atoms with Gasteiger partial charge in [0.25, 0.3) is 0 Å². The average molecular weight is 166 g/mol. The van der Waals surface area contributed by atoms with Crippen LogP contribution in [0.2, 0.25) is 0 Å². The van der Waals surface area contributed by atoms with Crippen LogP contribution in [-0.2, 0) is 0 Å². The fourth-order valence-corrected chi connectivity index (χ4v) is 1.63. The topological polar surface area (TPSA) is 24.7 Å². The van der Waals surface area contributed by atoms with E-state index < -0.39 is 0 Å². The zero-order valence-electron chi connectivity index (χ0n) is 8.52. The van der Waals surface area contributed by atoms with E-state index in [-0.39, 0.29) is 5.66 Å².